The van der Waals surface area contributed by atoms with Gasteiger partial charge in [-0.25, -0.2) is 0 Å². The van der Waals surface area contributed by atoms with E-state index < -0.39 is 5.97 Å². The lowest BCUT2D eigenvalue weighted by molar-refractivity contribution is -0.176. The zero-order chi connectivity index (χ0) is 8.57. The van der Waals surface area contributed by atoms with Gasteiger partial charge in [-0.2, -0.15) is 0 Å². The summed E-state index contributed by atoms with van der Waals surface area (Å²) in [6.07, 6.45) is 0.102. The highest BCUT2D eigenvalue weighted by molar-refractivity contribution is 5.80. The van der Waals surface area contributed by atoms with Gasteiger partial charge in [-0.05, 0) is 6.92 Å². The Bertz CT molecular complexity index is 94.6. The van der Waals surface area contributed by atoms with E-state index in [1.165, 1.54) is 6.92 Å². The minimum atomic E-state index is -0.916. The van der Waals surface area contributed by atoms with Gasteiger partial charge in [0.1, 0.15) is 5.78 Å². The fourth-order valence-electron chi connectivity index (χ4n) is 0.283. The van der Waals surface area contributed by atoms with Crippen LogP contribution in [0.4, 0.5) is 0 Å². The SMILES string of the molecule is CC(=O)CCC(=O)O.OO. The molecular weight excluding hydrogens is 140 g/mol. The number of aliphatic carboxylic acids is 1. The van der Waals surface area contributed by atoms with Crippen molar-refractivity contribution in [1.82, 2.24) is 0 Å². The maximum Gasteiger partial charge on any atom is 0.303 e. The predicted octanol–water partition coefficient (Wildman–Crippen LogP) is 0.458. The molecule has 0 aromatic rings. The standard InChI is InChI=1S/C5H8O3.H2O2/c1-4(6)2-3-5(7)8;1-2/h2-3H2,1H3,(H,7,8);1-2H. The van der Waals surface area contributed by atoms with Gasteiger partial charge in [0, 0.05) is 6.42 Å². The molecule has 0 unspecified atom stereocenters. The third-order valence-electron chi connectivity index (χ3n) is 0.691. The highest BCUT2D eigenvalue weighted by Crippen LogP contribution is 1.87. The van der Waals surface area contributed by atoms with Crippen LogP contribution < -0.4 is 0 Å². The number of hydrogen-bond donors (Lipinski definition) is 3. The summed E-state index contributed by atoms with van der Waals surface area (Å²) < 4.78 is 0. The van der Waals surface area contributed by atoms with Crippen LogP contribution in [0.15, 0.2) is 0 Å². The second-order valence-electron chi connectivity index (χ2n) is 1.60. The summed E-state index contributed by atoms with van der Waals surface area (Å²) in [6.45, 7) is 1.38. The predicted molar refractivity (Wildman–Crippen MR) is 32.8 cm³/mol. The van der Waals surface area contributed by atoms with Gasteiger partial charge in [0.15, 0.2) is 0 Å². The fraction of sp³-hybridized carbons (Fsp3) is 0.600. The average molecular weight is 150 g/mol. The van der Waals surface area contributed by atoms with Crippen molar-refractivity contribution in [2.24, 2.45) is 0 Å². The van der Waals surface area contributed by atoms with E-state index in [0.29, 0.717) is 0 Å². The van der Waals surface area contributed by atoms with Crippen LogP contribution in [0, 0.1) is 0 Å². The summed E-state index contributed by atoms with van der Waals surface area (Å²) in [5.41, 5.74) is 0. The number of carboxylic acid groups (broad SMARTS) is 1. The number of carboxylic acids is 1. The maximum atomic E-state index is 10.1. The van der Waals surface area contributed by atoms with E-state index in [9.17, 15) is 9.59 Å². The fourth-order valence-corrected chi connectivity index (χ4v) is 0.283. The third-order valence-corrected chi connectivity index (χ3v) is 0.691. The molecule has 0 spiro atoms. The van der Waals surface area contributed by atoms with Gasteiger partial charge in [-0.1, -0.05) is 0 Å². The smallest absolute Gasteiger partial charge is 0.303 e. The number of ketones is 1. The first-order valence-electron chi connectivity index (χ1n) is 2.54. The molecule has 0 fully saturated rings. The molecular formula is C5H10O5. The molecule has 0 amide bonds. The molecule has 3 N–H and O–H groups in total. The monoisotopic (exact) mass is 150 g/mol. The molecule has 5 heteroatoms. The summed E-state index contributed by atoms with van der Waals surface area (Å²) >= 11 is 0. The zero-order valence-corrected chi connectivity index (χ0v) is 5.57. The van der Waals surface area contributed by atoms with Crippen molar-refractivity contribution in [2.45, 2.75) is 19.8 Å². The highest BCUT2D eigenvalue weighted by atomic mass is 17.0. The van der Waals surface area contributed by atoms with Gasteiger partial charge < -0.3 is 9.90 Å². The quantitative estimate of drug-likeness (QED) is 0.401. The Morgan fingerprint density at radius 1 is 1.20 bits per heavy atom. The molecule has 60 valence electrons. The van der Waals surface area contributed by atoms with E-state index >= 15 is 0 Å². The summed E-state index contributed by atoms with van der Waals surface area (Å²) in [5, 5.41) is 20.0. The number of rotatable bonds is 3. The van der Waals surface area contributed by atoms with Crippen LogP contribution in [-0.4, -0.2) is 27.4 Å². The number of Topliss-reactive ketones (excluding diaryl/α,β-unsaturated/α-hetero) is 1. The minimum absolute atomic E-state index is 0.0463. The summed E-state index contributed by atoms with van der Waals surface area (Å²) in [4.78, 5) is 19.8. The van der Waals surface area contributed by atoms with Crippen molar-refractivity contribution >= 4 is 11.8 Å². The molecule has 0 rings (SSSR count). The Balaban J connectivity index is 0. The van der Waals surface area contributed by atoms with E-state index in [1.54, 1.807) is 0 Å². The number of carbonyl (C=O) groups is 2. The molecule has 0 aliphatic carbocycles. The topological polar surface area (TPSA) is 94.8 Å². The van der Waals surface area contributed by atoms with Gasteiger partial charge in [0.2, 0.25) is 0 Å². The Morgan fingerprint density at radius 3 is 1.70 bits per heavy atom. The Morgan fingerprint density at radius 2 is 1.60 bits per heavy atom. The second kappa shape index (κ2) is 8.06. The van der Waals surface area contributed by atoms with Crippen LogP contribution in [0.1, 0.15) is 19.8 Å². The van der Waals surface area contributed by atoms with Crippen molar-refractivity contribution in [3.05, 3.63) is 0 Å². The van der Waals surface area contributed by atoms with Gasteiger partial charge in [0.25, 0.3) is 0 Å². The van der Waals surface area contributed by atoms with E-state index in [2.05, 4.69) is 0 Å². The van der Waals surface area contributed by atoms with Crippen molar-refractivity contribution in [2.75, 3.05) is 0 Å². The van der Waals surface area contributed by atoms with Gasteiger partial charge in [-0.15, -0.1) is 0 Å². The highest BCUT2D eigenvalue weighted by Gasteiger charge is 1.97. The third kappa shape index (κ3) is 15.7. The van der Waals surface area contributed by atoms with Crippen LogP contribution in [0.25, 0.3) is 0 Å². The van der Waals surface area contributed by atoms with Crippen molar-refractivity contribution in [1.29, 1.82) is 0 Å². The van der Waals surface area contributed by atoms with E-state index in [-0.39, 0.29) is 18.6 Å². The van der Waals surface area contributed by atoms with Crippen LogP contribution in [-0.2, 0) is 9.59 Å². The Hall–Kier alpha value is -0.940. The first kappa shape index (κ1) is 11.8. The molecule has 0 aromatic carbocycles. The molecule has 0 saturated carbocycles. The molecule has 0 aliphatic rings. The first-order valence-corrected chi connectivity index (χ1v) is 2.54. The van der Waals surface area contributed by atoms with Crippen LogP contribution in [0.5, 0.6) is 0 Å². The largest absolute Gasteiger partial charge is 0.481 e. The van der Waals surface area contributed by atoms with Gasteiger partial charge in [0.05, 0.1) is 6.42 Å². The number of hydrogen-bond acceptors (Lipinski definition) is 4. The summed E-state index contributed by atoms with van der Waals surface area (Å²) in [6, 6.07) is 0. The molecule has 0 heterocycles. The van der Waals surface area contributed by atoms with Crippen LogP contribution >= 0.6 is 0 Å². The van der Waals surface area contributed by atoms with Crippen LogP contribution in [0.3, 0.4) is 0 Å². The zero-order valence-electron chi connectivity index (χ0n) is 5.57. The summed E-state index contributed by atoms with van der Waals surface area (Å²) in [5.74, 6) is -0.993. The van der Waals surface area contributed by atoms with Gasteiger partial charge >= 0.3 is 5.97 Å². The minimum Gasteiger partial charge on any atom is -0.481 e. The molecule has 0 bridgehead atoms. The Kier molecular flexibility index (Phi) is 9.52. The average Bonchev–Trinajstić information content (AvgIpc) is 1.89. The molecule has 5 nitrogen and oxygen atoms in total. The normalized spacial score (nSPS) is 7.50. The van der Waals surface area contributed by atoms with Crippen molar-refractivity contribution in [3.8, 4) is 0 Å². The molecule has 10 heavy (non-hydrogen) atoms. The molecule has 0 radical (unpaired) electrons. The van der Waals surface area contributed by atoms with E-state index in [4.69, 9.17) is 15.6 Å². The first-order chi connectivity index (χ1) is 4.63. The second-order valence-corrected chi connectivity index (χ2v) is 1.60. The van der Waals surface area contributed by atoms with E-state index in [0.717, 1.165) is 0 Å². The maximum absolute atomic E-state index is 10.1. The molecule has 0 aliphatic heterocycles. The Labute approximate surface area is 57.8 Å². The van der Waals surface area contributed by atoms with Crippen molar-refractivity contribution in [3.63, 3.8) is 0 Å². The van der Waals surface area contributed by atoms with Crippen LogP contribution in [0.2, 0.25) is 0 Å². The lowest BCUT2D eigenvalue weighted by Gasteiger charge is -1.86. The lowest BCUT2D eigenvalue weighted by Crippen LogP contribution is -1.98. The molecule has 0 atom stereocenters. The summed E-state index contributed by atoms with van der Waals surface area (Å²) in [7, 11) is 0. The molecule has 0 saturated heterocycles. The van der Waals surface area contributed by atoms with Crippen molar-refractivity contribution < 1.29 is 25.2 Å². The number of carbonyl (C=O) groups excluding carboxylic acids is 1. The van der Waals surface area contributed by atoms with E-state index in [1.807, 2.05) is 0 Å². The van der Waals surface area contributed by atoms with Gasteiger partial charge in [-0.3, -0.25) is 15.3 Å². The molecule has 0 aromatic heterocycles. The lowest BCUT2D eigenvalue weighted by atomic mass is 10.2.